The van der Waals surface area contributed by atoms with E-state index in [2.05, 4.69) is 25.8 Å². The van der Waals surface area contributed by atoms with Crippen LogP contribution in [0.2, 0.25) is 5.02 Å². The van der Waals surface area contributed by atoms with Crippen LogP contribution in [-0.4, -0.2) is 27.0 Å². The van der Waals surface area contributed by atoms with Crippen molar-refractivity contribution in [2.75, 3.05) is 10.6 Å². The number of thiazole rings is 1. The van der Waals surface area contributed by atoms with Crippen molar-refractivity contribution in [1.29, 1.82) is 0 Å². The molecular weight excluding hydrogens is 398 g/mol. The molecule has 0 bridgehead atoms. The van der Waals surface area contributed by atoms with E-state index in [0.29, 0.717) is 27.1 Å². The number of H-pyrrole nitrogens is 1. The molecule has 4 aromatic rings. The van der Waals surface area contributed by atoms with Crippen LogP contribution in [0.1, 0.15) is 17.3 Å². The van der Waals surface area contributed by atoms with Gasteiger partial charge in [0.25, 0.3) is 5.91 Å². The van der Waals surface area contributed by atoms with Gasteiger partial charge in [-0.1, -0.05) is 35.1 Å². The Hall–Kier alpha value is -3.23. The second-order valence-electron chi connectivity index (χ2n) is 6.00. The Kier molecular flexibility index (Phi) is 4.81. The number of aromatic nitrogens is 3. The Morgan fingerprint density at radius 2 is 1.89 bits per heavy atom. The van der Waals surface area contributed by atoms with Gasteiger partial charge in [-0.05, 0) is 30.3 Å². The monoisotopic (exact) mass is 411 g/mol. The van der Waals surface area contributed by atoms with Crippen LogP contribution in [0, 0.1) is 0 Å². The number of aromatic amines is 1. The molecule has 9 heteroatoms. The molecule has 140 valence electrons. The number of nitrogens with zero attached hydrogens (tertiary/aromatic N) is 2. The smallest absolute Gasteiger partial charge is 0.261 e. The van der Waals surface area contributed by atoms with E-state index in [1.165, 1.54) is 24.5 Å². The first kappa shape index (κ1) is 18.1. The van der Waals surface area contributed by atoms with E-state index < -0.39 is 0 Å². The van der Waals surface area contributed by atoms with E-state index in [9.17, 15) is 9.59 Å². The zero-order chi connectivity index (χ0) is 19.7. The van der Waals surface area contributed by atoms with Crippen molar-refractivity contribution in [3.8, 4) is 11.3 Å². The van der Waals surface area contributed by atoms with Crippen LogP contribution >= 0.6 is 22.9 Å². The fourth-order valence-corrected chi connectivity index (χ4v) is 3.74. The van der Waals surface area contributed by atoms with Gasteiger partial charge in [0, 0.05) is 23.2 Å². The first-order chi connectivity index (χ1) is 13.5. The highest BCUT2D eigenvalue weighted by atomic mass is 35.5. The normalized spacial score (nSPS) is 10.8. The summed E-state index contributed by atoms with van der Waals surface area (Å²) in [5, 5.41) is 13.5. The number of halogens is 1. The van der Waals surface area contributed by atoms with E-state index in [0.717, 1.165) is 15.8 Å². The summed E-state index contributed by atoms with van der Waals surface area (Å²) in [7, 11) is 0. The van der Waals surface area contributed by atoms with Gasteiger partial charge in [-0.15, -0.1) is 0 Å². The molecule has 4 rings (SSSR count). The number of anilines is 2. The van der Waals surface area contributed by atoms with Crippen molar-refractivity contribution < 1.29 is 9.59 Å². The van der Waals surface area contributed by atoms with Gasteiger partial charge >= 0.3 is 0 Å². The second kappa shape index (κ2) is 7.41. The van der Waals surface area contributed by atoms with Crippen molar-refractivity contribution in [3.05, 3.63) is 59.2 Å². The number of hydrogen-bond acceptors (Lipinski definition) is 5. The lowest BCUT2D eigenvalue weighted by molar-refractivity contribution is -0.114. The third-order valence-electron chi connectivity index (χ3n) is 3.95. The van der Waals surface area contributed by atoms with E-state index in [-0.39, 0.29) is 11.8 Å². The van der Waals surface area contributed by atoms with Gasteiger partial charge in [-0.3, -0.25) is 20.0 Å². The minimum absolute atomic E-state index is 0.146. The standard InChI is InChI=1S/C19H14ClN5O2S/c1-10(26)22-13-6-7-15-16(8-13)28-19(23-15)24-18(27)14-9-21-25-17(14)11-2-4-12(20)5-3-11/h2-9H,1H3,(H,21,25)(H,22,26)(H,23,24,27). The Bertz CT molecular complexity index is 1180. The molecule has 0 radical (unpaired) electrons. The van der Waals surface area contributed by atoms with E-state index in [4.69, 9.17) is 11.6 Å². The third kappa shape index (κ3) is 3.73. The summed E-state index contributed by atoms with van der Waals surface area (Å²) in [6, 6.07) is 12.5. The van der Waals surface area contributed by atoms with Gasteiger partial charge < -0.3 is 5.32 Å². The van der Waals surface area contributed by atoms with E-state index in [1.54, 1.807) is 24.3 Å². The summed E-state index contributed by atoms with van der Waals surface area (Å²) in [5.41, 5.74) is 3.22. The molecule has 7 nitrogen and oxygen atoms in total. The lowest BCUT2D eigenvalue weighted by atomic mass is 10.1. The Labute approximate surface area is 168 Å². The molecular formula is C19H14ClN5O2S. The first-order valence-corrected chi connectivity index (χ1v) is 9.48. The quantitative estimate of drug-likeness (QED) is 0.458. The zero-order valence-corrected chi connectivity index (χ0v) is 16.2. The number of rotatable bonds is 4. The average molecular weight is 412 g/mol. The lowest BCUT2D eigenvalue weighted by Crippen LogP contribution is -2.11. The molecule has 0 fully saturated rings. The molecule has 0 unspecified atom stereocenters. The first-order valence-electron chi connectivity index (χ1n) is 8.28. The number of benzene rings is 2. The maximum atomic E-state index is 12.7. The molecule has 2 aromatic carbocycles. The van der Waals surface area contributed by atoms with Crippen molar-refractivity contribution >= 4 is 55.8 Å². The maximum Gasteiger partial charge on any atom is 0.261 e. The molecule has 3 N–H and O–H groups in total. The van der Waals surface area contributed by atoms with Gasteiger partial charge in [-0.2, -0.15) is 5.10 Å². The van der Waals surface area contributed by atoms with Gasteiger partial charge in [0.15, 0.2) is 5.13 Å². The van der Waals surface area contributed by atoms with E-state index >= 15 is 0 Å². The Morgan fingerprint density at radius 1 is 1.11 bits per heavy atom. The second-order valence-corrected chi connectivity index (χ2v) is 7.47. The molecule has 0 spiro atoms. The highest BCUT2D eigenvalue weighted by Gasteiger charge is 2.17. The fraction of sp³-hybridized carbons (Fsp3) is 0.0526. The Morgan fingerprint density at radius 3 is 2.64 bits per heavy atom. The van der Waals surface area contributed by atoms with Crippen LogP contribution in [0.4, 0.5) is 10.8 Å². The van der Waals surface area contributed by atoms with Crippen LogP contribution in [-0.2, 0) is 4.79 Å². The van der Waals surface area contributed by atoms with Crippen molar-refractivity contribution in [1.82, 2.24) is 15.2 Å². The number of carbonyl (C=O) groups excluding carboxylic acids is 2. The van der Waals surface area contributed by atoms with Crippen LogP contribution in [0.15, 0.2) is 48.7 Å². The third-order valence-corrected chi connectivity index (χ3v) is 5.13. The topological polar surface area (TPSA) is 99.8 Å². The number of fused-ring (bicyclic) bond motifs is 1. The highest BCUT2D eigenvalue weighted by molar-refractivity contribution is 7.22. The summed E-state index contributed by atoms with van der Waals surface area (Å²) >= 11 is 7.25. The molecule has 0 aliphatic carbocycles. The van der Waals surface area contributed by atoms with Crippen molar-refractivity contribution in [2.45, 2.75) is 6.92 Å². The zero-order valence-electron chi connectivity index (χ0n) is 14.6. The molecule has 28 heavy (non-hydrogen) atoms. The summed E-state index contributed by atoms with van der Waals surface area (Å²) in [4.78, 5) is 28.4. The Balaban J connectivity index is 1.58. The molecule has 0 aliphatic heterocycles. The fourth-order valence-electron chi connectivity index (χ4n) is 2.72. The largest absolute Gasteiger partial charge is 0.326 e. The minimum Gasteiger partial charge on any atom is -0.326 e. The molecule has 2 aromatic heterocycles. The summed E-state index contributed by atoms with van der Waals surface area (Å²) in [5.74, 6) is -0.466. The van der Waals surface area contributed by atoms with Crippen molar-refractivity contribution in [2.24, 2.45) is 0 Å². The highest BCUT2D eigenvalue weighted by Crippen LogP contribution is 2.29. The number of hydrogen-bond donors (Lipinski definition) is 3. The van der Waals surface area contributed by atoms with E-state index in [1.807, 2.05) is 18.2 Å². The predicted molar refractivity (Wildman–Crippen MR) is 111 cm³/mol. The average Bonchev–Trinajstić information content (AvgIpc) is 3.28. The summed E-state index contributed by atoms with van der Waals surface area (Å²) in [6.45, 7) is 1.45. The number of nitrogens with one attached hydrogen (secondary N) is 3. The molecule has 2 amide bonds. The van der Waals surface area contributed by atoms with Crippen LogP contribution in [0.5, 0.6) is 0 Å². The van der Waals surface area contributed by atoms with Gasteiger partial charge in [0.05, 0.1) is 27.7 Å². The van der Waals surface area contributed by atoms with Gasteiger partial charge in [0.1, 0.15) is 0 Å². The summed E-state index contributed by atoms with van der Waals surface area (Å²) < 4.78 is 0.853. The molecule has 0 saturated carbocycles. The minimum atomic E-state index is -0.320. The van der Waals surface area contributed by atoms with Crippen LogP contribution in [0.25, 0.3) is 21.5 Å². The SMILES string of the molecule is CC(=O)Nc1ccc2nc(NC(=O)c3cn[nH]c3-c3ccc(Cl)cc3)sc2c1. The molecule has 0 saturated heterocycles. The maximum absolute atomic E-state index is 12.7. The number of amides is 2. The lowest BCUT2D eigenvalue weighted by Gasteiger charge is -2.03. The molecule has 0 aliphatic rings. The van der Waals surface area contributed by atoms with Gasteiger partial charge in [0.2, 0.25) is 5.91 Å². The molecule has 0 atom stereocenters. The van der Waals surface area contributed by atoms with Crippen molar-refractivity contribution in [3.63, 3.8) is 0 Å². The van der Waals surface area contributed by atoms with Crippen LogP contribution < -0.4 is 10.6 Å². The molecule has 2 heterocycles. The number of carbonyl (C=O) groups is 2. The van der Waals surface area contributed by atoms with Gasteiger partial charge in [-0.25, -0.2) is 4.98 Å². The summed E-state index contributed by atoms with van der Waals surface area (Å²) in [6.07, 6.45) is 1.47. The predicted octanol–water partition coefficient (Wildman–Crippen LogP) is 4.55. The van der Waals surface area contributed by atoms with Crippen LogP contribution in [0.3, 0.4) is 0 Å².